The van der Waals surface area contributed by atoms with Crippen molar-refractivity contribution >= 4 is 5.91 Å². The summed E-state index contributed by atoms with van der Waals surface area (Å²) in [5.74, 6) is 0.324. The van der Waals surface area contributed by atoms with Gasteiger partial charge in [-0.25, -0.2) is 0 Å². The van der Waals surface area contributed by atoms with Crippen molar-refractivity contribution in [2.75, 3.05) is 19.6 Å². The molecule has 0 aliphatic carbocycles. The van der Waals surface area contributed by atoms with E-state index in [1.165, 1.54) is 12.8 Å². The summed E-state index contributed by atoms with van der Waals surface area (Å²) in [7, 11) is 0. The van der Waals surface area contributed by atoms with E-state index in [1.54, 1.807) is 0 Å². The molecule has 1 amide bonds. The third-order valence-corrected chi connectivity index (χ3v) is 4.14. The molecule has 0 aromatic carbocycles. The van der Waals surface area contributed by atoms with E-state index in [4.69, 9.17) is 0 Å². The van der Waals surface area contributed by atoms with Crippen molar-refractivity contribution in [3.05, 3.63) is 0 Å². The van der Waals surface area contributed by atoms with Crippen LogP contribution in [0.25, 0.3) is 0 Å². The number of hydrogen-bond donors (Lipinski definition) is 2. The summed E-state index contributed by atoms with van der Waals surface area (Å²) < 4.78 is 0. The van der Waals surface area contributed by atoms with Crippen LogP contribution in [-0.4, -0.2) is 47.7 Å². The average Bonchev–Trinajstić information content (AvgIpc) is 2.74. The highest BCUT2D eigenvalue weighted by atomic mass is 16.3. The molecule has 4 heteroatoms. The maximum Gasteiger partial charge on any atom is 0.234 e. The fraction of sp³-hybridized carbons (Fsp3) is 0.929. The molecular formula is C14H28N2O2. The Kier molecular flexibility index (Phi) is 6.65. The number of aliphatic hydroxyl groups excluding tert-OH is 1. The number of likely N-dealkylation sites (tertiary alicyclic amines) is 1. The Morgan fingerprint density at radius 1 is 1.44 bits per heavy atom. The van der Waals surface area contributed by atoms with E-state index in [1.807, 2.05) is 0 Å². The largest absolute Gasteiger partial charge is 0.391 e. The van der Waals surface area contributed by atoms with Crippen molar-refractivity contribution in [2.45, 2.75) is 58.6 Å². The van der Waals surface area contributed by atoms with Crippen molar-refractivity contribution in [1.29, 1.82) is 0 Å². The number of rotatable bonds is 7. The first-order valence-electron chi connectivity index (χ1n) is 7.27. The van der Waals surface area contributed by atoms with Gasteiger partial charge in [-0.2, -0.15) is 0 Å². The molecule has 1 saturated heterocycles. The van der Waals surface area contributed by atoms with Crippen molar-refractivity contribution in [3.8, 4) is 0 Å². The second kappa shape index (κ2) is 7.74. The lowest BCUT2D eigenvalue weighted by molar-refractivity contribution is -0.123. The van der Waals surface area contributed by atoms with E-state index in [0.29, 0.717) is 19.1 Å². The number of amides is 1. The van der Waals surface area contributed by atoms with Crippen LogP contribution in [0, 0.1) is 5.92 Å². The van der Waals surface area contributed by atoms with Crippen LogP contribution in [0.15, 0.2) is 0 Å². The summed E-state index contributed by atoms with van der Waals surface area (Å²) in [6.07, 6.45) is 3.86. The zero-order valence-electron chi connectivity index (χ0n) is 12.0. The summed E-state index contributed by atoms with van der Waals surface area (Å²) in [4.78, 5) is 14.0. The van der Waals surface area contributed by atoms with Crippen molar-refractivity contribution in [2.24, 2.45) is 5.92 Å². The summed E-state index contributed by atoms with van der Waals surface area (Å²) in [6, 6.07) is 0.514. The molecule has 106 valence electrons. The van der Waals surface area contributed by atoms with Gasteiger partial charge in [0.1, 0.15) is 0 Å². The number of hydrogen-bond acceptors (Lipinski definition) is 3. The minimum absolute atomic E-state index is 0.0359. The predicted octanol–water partition coefficient (Wildman–Crippen LogP) is 1.38. The van der Waals surface area contributed by atoms with Crippen LogP contribution in [0.2, 0.25) is 0 Å². The van der Waals surface area contributed by atoms with Gasteiger partial charge in [-0.05, 0) is 32.2 Å². The Labute approximate surface area is 111 Å². The van der Waals surface area contributed by atoms with Crippen molar-refractivity contribution in [3.63, 3.8) is 0 Å². The maximum atomic E-state index is 11.8. The minimum Gasteiger partial charge on any atom is -0.391 e. The first kappa shape index (κ1) is 15.4. The van der Waals surface area contributed by atoms with Crippen LogP contribution in [0.5, 0.6) is 0 Å². The first-order chi connectivity index (χ1) is 8.58. The lowest BCUT2D eigenvalue weighted by atomic mass is 9.96. The second-order valence-corrected chi connectivity index (χ2v) is 5.41. The van der Waals surface area contributed by atoms with Crippen LogP contribution >= 0.6 is 0 Å². The van der Waals surface area contributed by atoms with Crippen LogP contribution in [0.1, 0.15) is 46.5 Å². The Bertz CT molecular complexity index is 254. The van der Waals surface area contributed by atoms with Crippen molar-refractivity contribution < 1.29 is 9.90 Å². The topological polar surface area (TPSA) is 52.6 Å². The van der Waals surface area contributed by atoms with Crippen LogP contribution in [-0.2, 0) is 4.79 Å². The van der Waals surface area contributed by atoms with E-state index in [9.17, 15) is 9.90 Å². The number of carbonyl (C=O) groups excluding carboxylic acids is 1. The molecule has 0 aromatic heterocycles. The molecule has 2 atom stereocenters. The molecule has 1 fully saturated rings. The van der Waals surface area contributed by atoms with Gasteiger partial charge in [0.25, 0.3) is 0 Å². The number of aliphatic hydroxyl groups is 1. The van der Waals surface area contributed by atoms with E-state index in [-0.39, 0.29) is 11.8 Å². The van der Waals surface area contributed by atoms with E-state index >= 15 is 0 Å². The van der Waals surface area contributed by atoms with Gasteiger partial charge < -0.3 is 10.4 Å². The molecule has 2 N–H and O–H groups in total. The number of nitrogens with one attached hydrogen (secondary N) is 1. The summed E-state index contributed by atoms with van der Waals surface area (Å²) >= 11 is 0. The van der Waals surface area contributed by atoms with Gasteiger partial charge >= 0.3 is 0 Å². The fourth-order valence-electron chi connectivity index (χ4n) is 2.69. The SMILES string of the molecule is CCC(CC)C(O)CNC(=O)CN1CCCC1C. The number of nitrogens with zero attached hydrogens (tertiary/aromatic N) is 1. The van der Waals surface area contributed by atoms with E-state index in [2.05, 4.69) is 31.0 Å². The van der Waals surface area contributed by atoms with Gasteiger partial charge in [-0.3, -0.25) is 9.69 Å². The molecule has 4 nitrogen and oxygen atoms in total. The second-order valence-electron chi connectivity index (χ2n) is 5.41. The molecule has 0 spiro atoms. The third kappa shape index (κ3) is 4.58. The van der Waals surface area contributed by atoms with Gasteiger partial charge in [0.15, 0.2) is 0 Å². The van der Waals surface area contributed by atoms with Crippen LogP contribution in [0.4, 0.5) is 0 Å². The standard InChI is InChI=1S/C14H28N2O2/c1-4-12(5-2)13(17)9-15-14(18)10-16-8-6-7-11(16)3/h11-13,17H,4-10H2,1-3H3,(H,15,18). The van der Waals surface area contributed by atoms with Gasteiger partial charge in [0, 0.05) is 12.6 Å². The van der Waals surface area contributed by atoms with Crippen LogP contribution < -0.4 is 5.32 Å². The smallest absolute Gasteiger partial charge is 0.234 e. The lowest BCUT2D eigenvalue weighted by Crippen LogP contribution is -2.42. The highest BCUT2D eigenvalue weighted by Gasteiger charge is 2.23. The zero-order chi connectivity index (χ0) is 13.5. The third-order valence-electron chi connectivity index (χ3n) is 4.14. The summed E-state index contributed by atoms with van der Waals surface area (Å²) in [5.41, 5.74) is 0. The molecule has 0 radical (unpaired) electrons. The average molecular weight is 256 g/mol. The molecule has 1 aliphatic rings. The summed E-state index contributed by atoms with van der Waals surface area (Å²) in [5, 5.41) is 12.8. The summed E-state index contributed by atoms with van der Waals surface area (Å²) in [6.45, 7) is 8.18. The Morgan fingerprint density at radius 3 is 2.61 bits per heavy atom. The quantitative estimate of drug-likeness (QED) is 0.723. The molecule has 1 rings (SSSR count). The van der Waals surface area contributed by atoms with Gasteiger partial charge in [-0.15, -0.1) is 0 Å². The minimum atomic E-state index is -0.417. The molecule has 2 unspecified atom stereocenters. The van der Waals surface area contributed by atoms with Gasteiger partial charge in [0.2, 0.25) is 5.91 Å². The Morgan fingerprint density at radius 2 is 2.11 bits per heavy atom. The molecule has 1 heterocycles. The lowest BCUT2D eigenvalue weighted by Gasteiger charge is -2.23. The predicted molar refractivity (Wildman–Crippen MR) is 73.4 cm³/mol. The zero-order valence-corrected chi connectivity index (χ0v) is 12.0. The normalized spacial score (nSPS) is 22.4. The maximum absolute atomic E-state index is 11.8. The molecular weight excluding hydrogens is 228 g/mol. The van der Waals surface area contributed by atoms with E-state index in [0.717, 1.165) is 19.4 Å². The molecule has 18 heavy (non-hydrogen) atoms. The molecule has 1 aliphatic heterocycles. The molecule has 0 saturated carbocycles. The fourth-order valence-corrected chi connectivity index (χ4v) is 2.69. The molecule has 0 aromatic rings. The molecule has 0 bridgehead atoms. The number of carbonyl (C=O) groups is 1. The monoisotopic (exact) mass is 256 g/mol. The van der Waals surface area contributed by atoms with Gasteiger partial charge in [-0.1, -0.05) is 26.7 Å². The van der Waals surface area contributed by atoms with Crippen molar-refractivity contribution in [1.82, 2.24) is 10.2 Å². The van der Waals surface area contributed by atoms with E-state index < -0.39 is 6.10 Å². The first-order valence-corrected chi connectivity index (χ1v) is 7.27. The van der Waals surface area contributed by atoms with Crippen LogP contribution in [0.3, 0.4) is 0 Å². The highest BCUT2D eigenvalue weighted by Crippen LogP contribution is 2.15. The Balaban J connectivity index is 2.24. The highest BCUT2D eigenvalue weighted by molar-refractivity contribution is 5.78. The Hall–Kier alpha value is -0.610. The van der Waals surface area contributed by atoms with Gasteiger partial charge in [0.05, 0.1) is 12.6 Å².